The number of nitrogens with one attached hydrogen (secondary N) is 1. The molecule has 0 unspecified atom stereocenters. The van der Waals surface area contributed by atoms with Gasteiger partial charge < -0.3 is 10.1 Å². The number of rotatable bonds is 6. The summed E-state index contributed by atoms with van der Waals surface area (Å²) >= 11 is 5.66. The normalized spacial score (nSPS) is 10.4. The molecule has 1 amide bonds. The minimum Gasteiger partial charge on any atom is -0.489 e. The molecule has 0 fully saturated rings. The van der Waals surface area contributed by atoms with Gasteiger partial charge in [0.2, 0.25) is 0 Å². The Balaban J connectivity index is 1.54. The van der Waals surface area contributed by atoms with Gasteiger partial charge in [0.05, 0.1) is 5.02 Å². The van der Waals surface area contributed by atoms with Crippen molar-refractivity contribution in [3.05, 3.63) is 100 Å². The maximum atomic E-state index is 13.4. The second-order valence-corrected chi connectivity index (χ2v) is 6.14. The van der Waals surface area contributed by atoms with E-state index in [0.717, 1.165) is 5.56 Å². The highest BCUT2D eigenvalue weighted by atomic mass is 35.5. The molecule has 0 saturated heterocycles. The number of hydrogen-bond donors (Lipinski definition) is 1. The number of hydrogen-bond acceptors (Lipinski definition) is 2. The van der Waals surface area contributed by atoms with Crippen LogP contribution in [0.2, 0.25) is 5.02 Å². The summed E-state index contributed by atoms with van der Waals surface area (Å²) in [6, 6.07) is 21.1. The molecule has 26 heavy (non-hydrogen) atoms. The summed E-state index contributed by atoms with van der Waals surface area (Å²) in [5, 5.41) is 2.95. The Labute approximate surface area is 156 Å². The van der Waals surface area contributed by atoms with Gasteiger partial charge in [0, 0.05) is 12.1 Å². The first kappa shape index (κ1) is 18.0. The van der Waals surface area contributed by atoms with E-state index in [1.54, 1.807) is 30.3 Å². The molecular formula is C21H17ClFNO2. The Bertz CT molecular complexity index is 882. The van der Waals surface area contributed by atoms with E-state index in [0.29, 0.717) is 23.4 Å². The summed E-state index contributed by atoms with van der Waals surface area (Å²) in [6.07, 6.45) is 0. The maximum absolute atomic E-state index is 13.4. The van der Waals surface area contributed by atoms with Crippen LogP contribution >= 0.6 is 11.6 Å². The minimum atomic E-state index is -0.474. The van der Waals surface area contributed by atoms with Crippen molar-refractivity contribution in [3.63, 3.8) is 0 Å². The van der Waals surface area contributed by atoms with Crippen LogP contribution < -0.4 is 10.1 Å². The van der Waals surface area contributed by atoms with E-state index < -0.39 is 5.82 Å². The SMILES string of the molecule is O=C(NCc1ccccc1)c1ccc(OCc2ccc(Cl)c(F)c2)cc1. The molecule has 0 aromatic heterocycles. The second-order valence-electron chi connectivity index (χ2n) is 5.73. The predicted octanol–water partition coefficient (Wildman–Crippen LogP) is 4.99. The molecule has 3 nitrogen and oxygen atoms in total. The molecule has 0 bridgehead atoms. The minimum absolute atomic E-state index is 0.0830. The molecule has 0 aliphatic rings. The van der Waals surface area contributed by atoms with E-state index in [4.69, 9.17) is 16.3 Å². The summed E-state index contributed by atoms with van der Waals surface area (Å²) < 4.78 is 19.0. The van der Waals surface area contributed by atoms with Crippen molar-refractivity contribution in [2.75, 3.05) is 0 Å². The fourth-order valence-electron chi connectivity index (χ4n) is 2.38. The lowest BCUT2D eigenvalue weighted by Gasteiger charge is -2.09. The second kappa shape index (κ2) is 8.50. The molecular weight excluding hydrogens is 353 g/mol. The van der Waals surface area contributed by atoms with Gasteiger partial charge in [-0.1, -0.05) is 48.0 Å². The first-order chi connectivity index (χ1) is 12.6. The van der Waals surface area contributed by atoms with E-state index in [1.807, 2.05) is 30.3 Å². The number of halogens is 2. The van der Waals surface area contributed by atoms with Crippen molar-refractivity contribution >= 4 is 17.5 Å². The molecule has 0 spiro atoms. The van der Waals surface area contributed by atoms with Gasteiger partial charge in [-0.15, -0.1) is 0 Å². The highest BCUT2D eigenvalue weighted by Crippen LogP contribution is 2.18. The van der Waals surface area contributed by atoms with Crippen molar-refractivity contribution in [2.24, 2.45) is 0 Å². The lowest BCUT2D eigenvalue weighted by molar-refractivity contribution is 0.0951. The van der Waals surface area contributed by atoms with E-state index in [-0.39, 0.29) is 17.5 Å². The van der Waals surface area contributed by atoms with Crippen LogP contribution in [0.3, 0.4) is 0 Å². The topological polar surface area (TPSA) is 38.3 Å². The first-order valence-corrected chi connectivity index (χ1v) is 8.48. The fourth-order valence-corrected chi connectivity index (χ4v) is 2.50. The monoisotopic (exact) mass is 369 g/mol. The Morgan fingerprint density at radius 2 is 1.69 bits per heavy atom. The summed E-state index contributed by atoms with van der Waals surface area (Å²) in [7, 11) is 0. The zero-order valence-electron chi connectivity index (χ0n) is 13.9. The van der Waals surface area contributed by atoms with Crippen LogP contribution in [-0.4, -0.2) is 5.91 Å². The van der Waals surface area contributed by atoms with E-state index in [1.165, 1.54) is 12.1 Å². The number of benzene rings is 3. The van der Waals surface area contributed by atoms with Crippen molar-refractivity contribution in [1.82, 2.24) is 5.32 Å². The lowest BCUT2D eigenvalue weighted by Crippen LogP contribution is -2.22. The Hall–Kier alpha value is -2.85. The van der Waals surface area contributed by atoms with E-state index >= 15 is 0 Å². The van der Waals surface area contributed by atoms with Gasteiger partial charge >= 0.3 is 0 Å². The van der Waals surface area contributed by atoms with Gasteiger partial charge in [0.25, 0.3) is 5.91 Å². The van der Waals surface area contributed by atoms with E-state index in [9.17, 15) is 9.18 Å². The summed E-state index contributed by atoms with van der Waals surface area (Å²) in [4.78, 5) is 12.2. The Morgan fingerprint density at radius 3 is 2.38 bits per heavy atom. The van der Waals surface area contributed by atoms with Crippen LogP contribution in [0, 0.1) is 5.82 Å². The Morgan fingerprint density at radius 1 is 0.962 bits per heavy atom. The molecule has 0 saturated carbocycles. The molecule has 0 atom stereocenters. The molecule has 0 radical (unpaired) electrons. The van der Waals surface area contributed by atoms with Gasteiger partial charge in [0.15, 0.2) is 0 Å². The molecule has 3 aromatic rings. The molecule has 132 valence electrons. The standard InChI is InChI=1S/C21H17ClFNO2/c22-19-11-6-16(12-20(19)23)14-26-18-9-7-17(8-10-18)21(25)24-13-15-4-2-1-3-5-15/h1-12H,13-14H2,(H,24,25). The summed E-state index contributed by atoms with van der Waals surface area (Å²) in [5.74, 6) is -0.0293. The van der Waals surface area contributed by atoms with Crippen LogP contribution in [0.15, 0.2) is 72.8 Å². The highest BCUT2D eigenvalue weighted by molar-refractivity contribution is 6.30. The summed E-state index contributed by atoms with van der Waals surface area (Å²) in [6.45, 7) is 0.688. The summed E-state index contributed by atoms with van der Waals surface area (Å²) in [5.41, 5.74) is 2.26. The molecule has 0 heterocycles. The molecule has 5 heteroatoms. The first-order valence-electron chi connectivity index (χ1n) is 8.11. The molecule has 3 aromatic carbocycles. The number of carbonyl (C=O) groups is 1. The number of ether oxygens (including phenoxy) is 1. The molecule has 3 rings (SSSR count). The van der Waals surface area contributed by atoms with Crippen molar-refractivity contribution in [3.8, 4) is 5.75 Å². The third-order valence-corrected chi connectivity index (χ3v) is 4.11. The van der Waals surface area contributed by atoms with Gasteiger partial charge in [-0.05, 0) is 47.5 Å². The largest absolute Gasteiger partial charge is 0.489 e. The molecule has 1 N–H and O–H groups in total. The van der Waals surface area contributed by atoms with Crippen LogP contribution in [0.1, 0.15) is 21.5 Å². The highest BCUT2D eigenvalue weighted by Gasteiger charge is 2.06. The van der Waals surface area contributed by atoms with Gasteiger partial charge in [0.1, 0.15) is 18.2 Å². The molecule has 0 aliphatic heterocycles. The zero-order valence-corrected chi connectivity index (χ0v) is 14.7. The average Bonchev–Trinajstić information content (AvgIpc) is 2.68. The van der Waals surface area contributed by atoms with Crippen molar-refractivity contribution in [2.45, 2.75) is 13.2 Å². The van der Waals surface area contributed by atoms with Gasteiger partial charge in [-0.25, -0.2) is 4.39 Å². The predicted molar refractivity (Wildman–Crippen MR) is 99.8 cm³/mol. The van der Waals surface area contributed by atoms with Crippen molar-refractivity contribution in [1.29, 1.82) is 0 Å². The van der Waals surface area contributed by atoms with Gasteiger partial charge in [-0.3, -0.25) is 4.79 Å². The zero-order chi connectivity index (χ0) is 18.4. The fraction of sp³-hybridized carbons (Fsp3) is 0.0952. The van der Waals surface area contributed by atoms with Crippen LogP contribution in [0.25, 0.3) is 0 Å². The smallest absolute Gasteiger partial charge is 0.251 e. The average molecular weight is 370 g/mol. The number of carbonyl (C=O) groups excluding carboxylic acids is 1. The van der Waals surface area contributed by atoms with Crippen molar-refractivity contribution < 1.29 is 13.9 Å². The maximum Gasteiger partial charge on any atom is 0.251 e. The van der Waals surface area contributed by atoms with Gasteiger partial charge in [-0.2, -0.15) is 0 Å². The Kier molecular flexibility index (Phi) is 5.87. The quantitative estimate of drug-likeness (QED) is 0.664. The lowest BCUT2D eigenvalue weighted by atomic mass is 10.2. The van der Waals surface area contributed by atoms with Crippen LogP contribution in [0.4, 0.5) is 4.39 Å². The number of amides is 1. The van der Waals surface area contributed by atoms with Crippen LogP contribution in [-0.2, 0) is 13.2 Å². The third kappa shape index (κ3) is 4.83. The molecule has 0 aliphatic carbocycles. The third-order valence-electron chi connectivity index (χ3n) is 3.80. The van der Waals surface area contributed by atoms with E-state index in [2.05, 4.69) is 5.32 Å². The van der Waals surface area contributed by atoms with Crippen LogP contribution in [0.5, 0.6) is 5.75 Å².